The lowest BCUT2D eigenvalue weighted by molar-refractivity contribution is 0.200. The first kappa shape index (κ1) is 15.0. The number of phenols is 1. The molecule has 0 amide bonds. The Morgan fingerprint density at radius 2 is 1.61 bits per heavy atom. The average Bonchev–Trinajstić information content (AvgIpc) is 2.37. The summed E-state index contributed by atoms with van der Waals surface area (Å²) in [6.07, 6.45) is 4.73. The molecule has 0 saturated carbocycles. The maximum absolute atomic E-state index is 9.25. The van der Waals surface area contributed by atoms with E-state index in [9.17, 15) is 5.11 Å². The Bertz CT molecular complexity index is 314. The van der Waals surface area contributed by atoms with E-state index in [1.807, 2.05) is 12.1 Å². The van der Waals surface area contributed by atoms with Crippen LogP contribution in [0.25, 0.3) is 0 Å². The van der Waals surface area contributed by atoms with Gasteiger partial charge in [-0.2, -0.15) is 0 Å². The monoisotopic (exact) mass is 249 g/mol. The van der Waals surface area contributed by atoms with Gasteiger partial charge in [0, 0.05) is 6.04 Å². The molecule has 2 heteroatoms. The molecule has 0 aromatic heterocycles. The predicted octanol–water partition coefficient (Wildman–Crippen LogP) is 3.84. The molecule has 0 aliphatic rings. The van der Waals surface area contributed by atoms with Gasteiger partial charge in [-0.25, -0.2) is 0 Å². The zero-order valence-corrected chi connectivity index (χ0v) is 12.0. The Kier molecular flexibility index (Phi) is 6.81. The summed E-state index contributed by atoms with van der Waals surface area (Å²) in [4.78, 5) is 2.58. The minimum absolute atomic E-state index is 0.352. The zero-order valence-electron chi connectivity index (χ0n) is 12.0. The topological polar surface area (TPSA) is 23.5 Å². The summed E-state index contributed by atoms with van der Waals surface area (Å²) in [5.74, 6) is 0.352. The molecule has 102 valence electrons. The molecule has 0 saturated heterocycles. The summed E-state index contributed by atoms with van der Waals surface area (Å²) >= 11 is 0. The summed E-state index contributed by atoms with van der Waals surface area (Å²) in [6, 6.07) is 8.22. The number of hydrogen-bond donors (Lipinski definition) is 1. The van der Waals surface area contributed by atoms with Crippen molar-refractivity contribution in [3.8, 4) is 5.75 Å². The van der Waals surface area contributed by atoms with E-state index in [1.54, 1.807) is 12.1 Å². The van der Waals surface area contributed by atoms with Crippen molar-refractivity contribution in [2.24, 2.45) is 0 Å². The van der Waals surface area contributed by atoms with Gasteiger partial charge in [0.05, 0.1) is 0 Å². The molecular formula is C16H27NO. The van der Waals surface area contributed by atoms with Crippen LogP contribution in [0.15, 0.2) is 24.3 Å². The van der Waals surface area contributed by atoms with Gasteiger partial charge in [-0.15, -0.1) is 0 Å². The first-order valence-electron chi connectivity index (χ1n) is 7.19. The van der Waals surface area contributed by atoms with Crippen molar-refractivity contribution in [2.45, 2.75) is 52.5 Å². The predicted molar refractivity (Wildman–Crippen MR) is 78.0 cm³/mol. The van der Waals surface area contributed by atoms with E-state index < -0.39 is 0 Å². The molecule has 0 fully saturated rings. The van der Waals surface area contributed by atoms with Crippen molar-refractivity contribution >= 4 is 0 Å². The maximum Gasteiger partial charge on any atom is 0.115 e. The van der Waals surface area contributed by atoms with Gasteiger partial charge in [0.25, 0.3) is 0 Å². The van der Waals surface area contributed by atoms with Crippen molar-refractivity contribution in [1.82, 2.24) is 4.90 Å². The highest BCUT2D eigenvalue weighted by Crippen LogP contribution is 2.14. The number of aromatic hydroxyl groups is 1. The second-order valence-electron chi connectivity index (χ2n) is 5.09. The van der Waals surface area contributed by atoms with Gasteiger partial charge in [0.1, 0.15) is 5.75 Å². The first-order valence-corrected chi connectivity index (χ1v) is 7.19. The highest BCUT2D eigenvalue weighted by atomic mass is 16.3. The highest BCUT2D eigenvalue weighted by molar-refractivity contribution is 5.25. The molecule has 0 radical (unpaired) electrons. The summed E-state index contributed by atoms with van der Waals surface area (Å²) < 4.78 is 0. The lowest BCUT2D eigenvalue weighted by Gasteiger charge is -2.28. The Morgan fingerprint density at radius 1 is 1.06 bits per heavy atom. The Balaban J connectivity index is 2.42. The van der Waals surface area contributed by atoms with E-state index in [1.165, 1.54) is 37.9 Å². The average molecular weight is 249 g/mol. The van der Waals surface area contributed by atoms with Gasteiger partial charge in [0.15, 0.2) is 0 Å². The van der Waals surface area contributed by atoms with Crippen LogP contribution >= 0.6 is 0 Å². The van der Waals surface area contributed by atoms with Gasteiger partial charge in [-0.05, 0) is 63.4 Å². The fraction of sp³-hybridized carbons (Fsp3) is 0.625. The van der Waals surface area contributed by atoms with Crippen LogP contribution in [0.5, 0.6) is 5.75 Å². The molecule has 1 N–H and O–H groups in total. The quantitative estimate of drug-likeness (QED) is 0.756. The van der Waals surface area contributed by atoms with Crippen LogP contribution in [0.2, 0.25) is 0 Å². The molecule has 1 atom stereocenters. The van der Waals surface area contributed by atoms with Crippen LogP contribution < -0.4 is 0 Å². The van der Waals surface area contributed by atoms with Gasteiger partial charge in [0.2, 0.25) is 0 Å². The Hall–Kier alpha value is -1.02. The molecule has 18 heavy (non-hydrogen) atoms. The van der Waals surface area contributed by atoms with Gasteiger partial charge >= 0.3 is 0 Å². The Morgan fingerprint density at radius 3 is 2.11 bits per heavy atom. The van der Waals surface area contributed by atoms with Crippen LogP contribution in [0.1, 0.15) is 45.6 Å². The van der Waals surface area contributed by atoms with E-state index >= 15 is 0 Å². The molecule has 0 bridgehead atoms. The van der Waals surface area contributed by atoms with Crippen LogP contribution in [0, 0.1) is 0 Å². The third-order valence-electron chi connectivity index (χ3n) is 3.43. The molecule has 1 aromatic carbocycles. The number of rotatable bonds is 8. The summed E-state index contributed by atoms with van der Waals surface area (Å²) in [5.41, 5.74) is 1.31. The van der Waals surface area contributed by atoms with Gasteiger partial charge in [-0.3, -0.25) is 0 Å². The van der Waals surface area contributed by atoms with Crippen LogP contribution in [-0.4, -0.2) is 29.1 Å². The van der Waals surface area contributed by atoms with E-state index in [-0.39, 0.29) is 0 Å². The SMILES string of the molecule is CCCN(CCC)C(C)CCc1ccc(O)cc1. The lowest BCUT2D eigenvalue weighted by Crippen LogP contribution is -2.34. The van der Waals surface area contributed by atoms with Crippen LogP contribution in [-0.2, 0) is 6.42 Å². The van der Waals surface area contributed by atoms with Gasteiger partial charge < -0.3 is 10.0 Å². The van der Waals surface area contributed by atoms with Crippen molar-refractivity contribution in [3.05, 3.63) is 29.8 Å². The fourth-order valence-electron chi connectivity index (χ4n) is 2.35. The minimum atomic E-state index is 0.352. The smallest absolute Gasteiger partial charge is 0.115 e. The number of hydrogen-bond acceptors (Lipinski definition) is 2. The van der Waals surface area contributed by atoms with Crippen molar-refractivity contribution in [3.63, 3.8) is 0 Å². The molecule has 1 aromatic rings. The van der Waals surface area contributed by atoms with E-state index in [0.29, 0.717) is 11.8 Å². The largest absolute Gasteiger partial charge is 0.508 e. The van der Waals surface area contributed by atoms with Gasteiger partial charge in [-0.1, -0.05) is 26.0 Å². The van der Waals surface area contributed by atoms with E-state index in [2.05, 4.69) is 25.7 Å². The molecule has 1 rings (SSSR count). The fourth-order valence-corrected chi connectivity index (χ4v) is 2.35. The molecular weight excluding hydrogens is 222 g/mol. The highest BCUT2D eigenvalue weighted by Gasteiger charge is 2.11. The van der Waals surface area contributed by atoms with Crippen LogP contribution in [0.4, 0.5) is 0 Å². The summed E-state index contributed by atoms with van der Waals surface area (Å²) in [5, 5.41) is 9.25. The third kappa shape index (κ3) is 5.09. The second-order valence-corrected chi connectivity index (χ2v) is 5.09. The number of phenolic OH excluding ortho intramolecular Hbond substituents is 1. The summed E-state index contributed by atoms with van der Waals surface area (Å²) in [7, 11) is 0. The lowest BCUT2D eigenvalue weighted by atomic mass is 10.0. The number of nitrogens with zero attached hydrogens (tertiary/aromatic N) is 1. The summed E-state index contributed by atoms with van der Waals surface area (Å²) in [6.45, 7) is 9.21. The van der Waals surface area contributed by atoms with Crippen LogP contribution in [0.3, 0.4) is 0 Å². The second kappa shape index (κ2) is 8.15. The number of benzene rings is 1. The molecule has 0 aliphatic heterocycles. The molecule has 0 aliphatic carbocycles. The standard InChI is InChI=1S/C16H27NO/c1-4-12-17(13-5-2)14(3)6-7-15-8-10-16(18)11-9-15/h8-11,14,18H,4-7,12-13H2,1-3H3. The maximum atomic E-state index is 9.25. The van der Waals surface area contributed by atoms with Crippen molar-refractivity contribution < 1.29 is 5.11 Å². The Labute approximate surface area is 112 Å². The molecule has 1 unspecified atom stereocenters. The van der Waals surface area contributed by atoms with E-state index in [0.717, 1.165) is 6.42 Å². The zero-order chi connectivity index (χ0) is 13.4. The van der Waals surface area contributed by atoms with Crippen molar-refractivity contribution in [1.29, 1.82) is 0 Å². The molecule has 0 heterocycles. The van der Waals surface area contributed by atoms with E-state index in [4.69, 9.17) is 0 Å². The first-order chi connectivity index (χ1) is 8.67. The molecule has 0 spiro atoms. The normalized spacial score (nSPS) is 12.9. The minimum Gasteiger partial charge on any atom is -0.508 e. The third-order valence-corrected chi connectivity index (χ3v) is 3.43. The molecule has 2 nitrogen and oxygen atoms in total. The number of aryl methyl sites for hydroxylation is 1. The van der Waals surface area contributed by atoms with Crippen molar-refractivity contribution in [2.75, 3.05) is 13.1 Å².